The molecule has 8 heterocycles. The summed E-state index contributed by atoms with van der Waals surface area (Å²) in [7, 11) is 0. The van der Waals surface area contributed by atoms with Gasteiger partial charge in [0, 0.05) is 60.5 Å². The topological polar surface area (TPSA) is 142 Å². The van der Waals surface area contributed by atoms with Crippen LogP contribution in [0.4, 0.5) is 11.4 Å². The number of piperidine rings is 6. The third-order valence-corrected chi connectivity index (χ3v) is 13.3. The standard InChI is InChI=1S/C44H56Cl2N6O8/c1-3-5-13-51-25-39(59-41-31(19-29(45)21-35(41)51)43(55)47-33-23-49-15-9-27(33)10-16-49)57-37(53)7-8-38(54)58-40-26-52(14-6-4-2)36-22-30(46)20-32(42(36)60-40)44(56)48-34-24-50-17-11-28(34)12-18-50/h7-8,19-22,27-28,33-34,39-40H,3-6,9-18,23-26H2,1-2H3,(H,47,55)(H,48,56)/b8-7+. The minimum Gasteiger partial charge on any atom is -0.450 e. The van der Waals surface area contributed by atoms with E-state index in [4.69, 9.17) is 42.1 Å². The van der Waals surface area contributed by atoms with E-state index in [1.807, 2.05) is 9.80 Å². The molecule has 16 heteroatoms. The molecule has 60 heavy (non-hydrogen) atoms. The number of ether oxygens (including phenoxy) is 4. The fourth-order valence-electron chi connectivity index (χ4n) is 9.57. The Bertz CT molecular complexity index is 1830. The molecule has 2 N–H and O–H groups in total. The third-order valence-electron chi connectivity index (χ3n) is 12.8. The van der Waals surface area contributed by atoms with Crippen LogP contribution in [-0.2, 0) is 19.1 Å². The zero-order valence-electron chi connectivity index (χ0n) is 34.5. The highest BCUT2D eigenvalue weighted by Gasteiger charge is 2.39. The Hall–Kier alpha value is -4.24. The summed E-state index contributed by atoms with van der Waals surface area (Å²) in [4.78, 5) is 62.9. The molecule has 14 nitrogen and oxygen atoms in total. The highest BCUT2D eigenvalue weighted by atomic mass is 35.5. The molecule has 324 valence electrons. The van der Waals surface area contributed by atoms with Crippen LogP contribution >= 0.6 is 23.2 Å². The van der Waals surface area contributed by atoms with Crippen LogP contribution in [0.15, 0.2) is 36.4 Å². The molecule has 0 aliphatic carbocycles. The van der Waals surface area contributed by atoms with Crippen molar-refractivity contribution in [2.45, 2.75) is 89.9 Å². The summed E-state index contributed by atoms with van der Waals surface area (Å²) in [6, 6.07) is 6.77. The molecule has 4 unspecified atom stereocenters. The zero-order chi connectivity index (χ0) is 41.9. The molecule has 8 aliphatic heterocycles. The number of hydrogen-bond acceptors (Lipinski definition) is 12. The van der Waals surface area contributed by atoms with Crippen LogP contribution in [0, 0.1) is 11.8 Å². The summed E-state index contributed by atoms with van der Waals surface area (Å²) in [5, 5.41) is 7.26. The van der Waals surface area contributed by atoms with Crippen LogP contribution in [0.25, 0.3) is 0 Å². The Kier molecular flexibility index (Phi) is 13.3. The molecule has 2 amide bonds. The molecule has 4 bridgehead atoms. The van der Waals surface area contributed by atoms with Crippen molar-refractivity contribution in [1.29, 1.82) is 0 Å². The van der Waals surface area contributed by atoms with Gasteiger partial charge in [0.15, 0.2) is 11.5 Å². The van der Waals surface area contributed by atoms with E-state index in [1.54, 1.807) is 24.3 Å². The van der Waals surface area contributed by atoms with Gasteiger partial charge in [-0.15, -0.1) is 0 Å². The van der Waals surface area contributed by atoms with E-state index in [9.17, 15) is 19.2 Å². The Balaban J connectivity index is 0.931. The van der Waals surface area contributed by atoms with Gasteiger partial charge in [-0.05, 0) is 101 Å². The lowest BCUT2D eigenvalue weighted by Gasteiger charge is -2.45. The van der Waals surface area contributed by atoms with Gasteiger partial charge in [0.05, 0.1) is 35.6 Å². The second-order valence-corrected chi connectivity index (χ2v) is 17.8. The summed E-state index contributed by atoms with van der Waals surface area (Å²) >= 11 is 13.2. The Morgan fingerprint density at radius 3 is 1.40 bits per heavy atom. The lowest BCUT2D eigenvalue weighted by atomic mass is 9.84. The molecule has 0 radical (unpaired) electrons. The van der Waals surface area contributed by atoms with Crippen LogP contribution in [0.3, 0.4) is 0 Å². The Morgan fingerprint density at radius 1 is 0.650 bits per heavy atom. The van der Waals surface area contributed by atoms with Crippen molar-refractivity contribution < 1.29 is 38.1 Å². The molecule has 0 saturated carbocycles. The maximum Gasteiger partial charge on any atom is 0.334 e. The van der Waals surface area contributed by atoms with Crippen LogP contribution in [0.2, 0.25) is 10.0 Å². The number of esters is 2. The van der Waals surface area contributed by atoms with Gasteiger partial charge in [-0.1, -0.05) is 49.9 Å². The number of carbonyl (C=O) groups excluding carboxylic acids is 4. The van der Waals surface area contributed by atoms with Gasteiger partial charge in [0.2, 0.25) is 0 Å². The largest absolute Gasteiger partial charge is 0.450 e. The normalized spacial score (nSPS) is 27.7. The first-order valence-electron chi connectivity index (χ1n) is 21.7. The van der Waals surface area contributed by atoms with E-state index in [1.165, 1.54) is 0 Å². The van der Waals surface area contributed by atoms with E-state index in [-0.39, 0.29) is 48.1 Å². The first-order chi connectivity index (χ1) is 29.0. The van der Waals surface area contributed by atoms with Crippen LogP contribution in [-0.4, -0.2) is 124 Å². The van der Waals surface area contributed by atoms with Gasteiger partial charge in [-0.2, -0.15) is 0 Å². The molecule has 10 rings (SSSR count). The van der Waals surface area contributed by atoms with Crippen LogP contribution in [0.5, 0.6) is 11.5 Å². The number of benzene rings is 2. The average Bonchev–Trinajstić information content (AvgIpc) is 3.24. The molecule has 6 fully saturated rings. The summed E-state index contributed by atoms with van der Waals surface area (Å²) in [6.45, 7) is 11.6. The van der Waals surface area contributed by atoms with Gasteiger partial charge >= 0.3 is 11.9 Å². The van der Waals surface area contributed by atoms with Crippen molar-refractivity contribution in [3.8, 4) is 11.5 Å². The van der Waals surface area contributed by atoms with E-state index in [2.05, 4.69) is 34.3 Å². The van der Waals surface area contributed by atoms with E-state index in [0.29, 0.717) is 57.8 Å². The quantitative estimate of drug-likeness (QED) is 0.180. The summed E-state index contributed by atoms with van der Waals surface area (Å²) in [5.41, 5.74) is 1.87. The number of unbranched alkanes of at least 4 members (excludes halogenated alkanes) is 2. The SMILES string of the molecule is CCCCN1CC(OC(=O)/C=C/C(=O)OC2CN(CCCC)c3cc(Cl)cc(C(=O)NC4CN5CCC4CC5)c3O2)Oc2c(C(=O)NC3CN4CCC3CC4)cc(Cl)cc21. The fourth-order valence-corrected chi connectivity index (χ4v) is 10.00. The first kappa shape index (κ1) is 42.5. The van der Waals surface area contributed by atoms with Gasteiger partial charge < -0.3 is 49.2 Å². The first-order valence-corrected chi connectivity index (χ1v) is 22.5. The Labute approximate surface area is 361 Å². The molecule has 0 spiro atoms. The van der Waals surface area contributed by atoms with Gasteiger partial charge in [-0.3, -0.25) is 9.59 Å². The molecule has 2 aromatic carbocycles. The predicted octanol–water partition coefficient (Wildman–Crippen LogP) is 5.63. The Morgan fingerprint density at radius 2 is 1.05 bits per heavy atom. The van der Waals surface area contributed by atoms with E-state index in [0.717, 1.165) is 103 Å². The predicted molar refractivity (Wildman–Crippen MR) is 228 cm³/mol. The van der Waals surface area contributed by atoms with Crippen molar-refractivity contribution in [3.05, 3.63) is 57.6 Å². The van der Waals surface area contributed by atoms with Crippen LogP contribution in [0.1, 0.15) is 85.9 Å². The number of rotatable bonds is 14. The van der Waals surface area contributed by atoms with Crippen molar-refractivity contribution in [1.82, 2.24) is 20.4 Å². The van der Waals surface area contributed by atoms with E-state index >= 15 is 0 Å². The minimum absolute atomic E-state index is 0.0287. The number of hydrogen-bond donors (Lipinski definition) is 2. The molecule has 6 saturated heterocycles. The maximum atomic E-state index is 13.8. The number of fused-ring (bicyclic) bond motifs is 8. The van der Waals surface area contributed by atoms with Crippen molar-refractivity contribution in [3.63, 3.8) is 0 Å². The second kappa shape index (κ2) is 18.8. The van der Waals surface area contributed by atoms with Gasteiger partial charge in [0.1, 0.15) is 0 Å². The van der Waals surface area contributed by atoms with Crippen molar-refractivity contribution in [2.75, 3.05) is 75.2 Å². The summed E-state index contributed by atoms with van der Waals surface area (Å²) < 4.78 is 23.9. The molecule has 0 aromatic heterocycles. The smallest absolute Gasteiger partial charge is 0.334 e. The lowest BCUT2D eigenvalue weighted by Crippen LogP contribution is -2.57. The number of amides is 2. The van der Waals surface area contributed by atoms with Crippen molar-refractivity contribution >= 4 is 58.3 Å². The number of nitrogens with zero attached hydrogens (tertiary/aromatic N) is 4. The number of halogens is 2. The molecule has 4 atom stereocenters. The molecule has 8 aliphatic rings. The monoisotopic (exact) mass is 866 g/mol. The van der Waals surface area contributed by atoms with E-state index < -0.39 is 24.5 Å². The fraction of sp³-hybridized carbons (Fsp3) is 0.591. The van der Waals surface area contributed by atoms with Gasteiger partial charge in [0.25, 0.3) is 24.4 Å². The minimum atomic E-state index is -1.07. The maximum absolute atomic E-state index is 13.8. The summed E-state index contributed by atoms with van der Waals surface area (Å²) in [5.74, 6) is -0.804. The molecule has 2 aromatic rings. The number of nitrogens with one attached hydrogen (secondary N) is 2. The van der Waals surface area contributed by atoms with Crippen LogP contribution < -0.4 is 29.9 Å². The second-order valence-electron chi connectivity index (χ2n) is 16.9. The molecular weight excluding hydrogens is 811 g/mol. The highest BCUT2D eigenvalue weighted by molar-refractivity contribution is 6.32. The van der Waals surface area contributed by atoms with Gasteiger partial charge in [-0.25, -0.2) is 9.59 Å². The number of carbonyl (C=O) groups is 4. The zero-order valence-corrected chi connectivity index (χ0v) is 36.0. The average molecular weight is 868 g/mol. The van der Waals surface area contributed by atoms with Crippen molar-refractivity contribution in [2.24, 2.45) is 11.8 Å². The molecular formula is C44H56Cl2N6O8. The lowest BCUT2D eigenvalue weighted by molar-refractivity contribution is -0.160. The summed E-state index contributed by atoms with van der Waals surface area (Å²) in [6.07, 6.45) is 7.55. The highest BCUT2D eigenvalue weighted by Crippen LogP contribution is 2.42. The number of anilines is 2. The third kappa shape index (κ3) is 9.61.